The van der Waals surface area contributed by atoms with Crippen LogP contribution in [0.15, 0.2) is 47.0 Å². The number of thiazole rings is 1. The molecule has 1 N–H and O–H groups in total. The van der Waals surface area contributed by atoms with Crippen LogP contribution in [0, 0.1) is 13.8 Å². The Morgan fingerprint density at radius 3 is 2.75 bits per heavy atom. The van der Waals surface area contributed by atoms with Crippen LogP contribution in [0.4, 0.5) is 5.13 Å². The average Bonchev–Trinajstić information content (AvgIpc) is 3.36. The fourth-order valence-corrected chi connectivity index (χ4v) is 4.91. The Morgan fingerprint density at radius 1 is 1.16 bits per heavy atom. The number of benzene rings is 2. The van der Waals surface area contributed by atoms with Crippen LogP contribution in [-0.4, -0.2) is 33.4 Å². The molecule has 0 fully saturated rings. The Balaban J connectivity index is 1.27. The highest BCUT2D eigenvalue weighted by Gasteiger charge is 2.25. The zero-order valence-electron chi connectivity index (χ0n) is 17.8. The lowest BCUT2D eigenvalue weighted by atomic mass is 10.1. The first-order valence-corrected chi connectivity index (χ1v) is 11.3. The molecule has 7 nitrogen and oxygen atoms in total. The number of hydrogen-bond acceptors (Lipinski definition) is 6. The van der Waals surface area contributed by atoms with Crippen molar-refractivity contribution in [1.29, 1.82) is 0 Å². The number of carbonyl (C=O) groups excluding carboxylic acids is 2. The monoisotopic (exact) mass is 446 g/mol. The fraction of sp³-hybridized carbons (Fsp3) is 0.250. The molecule has 162 valence electrons. The van der Waals surface area contributed by atoms with E-state index in [2.05, 4.69) is 15.5 Å². The maximum absolute atomic E-state index is 12.7. The zero-order chi connectivity index (χ0) is 22.2. The number of nitrogens with zero attached hydrogens (tertiary/aromatic N) is 3. The van der Waals surface area contributed by atoms with Crippen molar-refractivity contribution >= 4 is 39.3 Å². The molecule has 3 heterocycles. The highest BCUT2D eigenvalue weighted by Crippen LogP contribution is 2.29. The molecule has 1 aliphatic heterocycles. The van der Waals surface area contributed by atoms with Crippen LogP contribution in [0.25, 0.3) is 11.0 Å². The summed E-state index contributed by atoms with van der Waals surface area (Å²) in [5, 5.41) is 8.38. The van der Waals surface area contributed by atoms with E-state index in [1.807, 2.05) is 61.2 Å². The molecular formula is C24H22N4O3S. The summed E-state index contributed by atoms with van der Waals surface area (Å²) in [5.41, 5.74) is 5.17. The van der Waals surface area contributed by atoms with Crippen molar-refractivity contribution in [2.75, 3.05) is 11.9 Å². The number of carbonyl (C=O) groups is 2. The van der Waals surface area contributed by atoms with Gasteiger partial charge in [-0.2, -0.15) is 0 Å². The molecule has 5 rings (SSSR count). The highest BCUT2D eigenvalue weighted by molar-refractivity contribution is 7.15. The summed E-state index contributed by atoms with van der Waals surface area (Å²) in [4.78, 5) is 32.8. The molecule has 2 aromatic heterocycles. The van der Waals surface area contributed by atoms with Gasteiger partial charge in [0, 0.05) is 28.8 Å². The van der Waals surface area contributed by atoms with Gasteiger partial charge in [0.1, 0.15) is 5.69 Å². The number of aromatic nitrogens is 2. The Labute approximate surface area is 189 Å². The molecule has 0 spiro atoms. The van der Waals surface area contributed by atoms with E-state index >= 15 is 0 Å². The number of fused-ring (bicyclic) bond motifs is 2. The number of nitrogens with one attached hydrogen (secondary N) is 1. The average molecular weight is 447 g/mol. The lowest BCUT2D eigenvalue weighted by molar-refractivity contribution is -0.115. The van der Waals surface area contributed by atoms with Gasteiger partial charge in [-0.05, 0) is 49.2 Å². The van der Waals surface area contributed by atoms with Crippen molar-refractivity contribution in [3.8, 4) is 0 Å². The van der Waals surface area contributed by atoms with Gasteiger partial charge in [-0.1, -0.05) is 34.7 Å². The minimum Gasteiger partial charge on any atom is -0.356 e. The first-order valence-electron chi connectivity index (χ1n) is 10.5. The van der Waals surface area contributed by atoms with E-state index in [9.17, 15) is 9.59 Å². The Morgan fingerprint density at radius 2 is 1.94 bits per heavy atom. The van der Waals surface area contributed by atoms with Crippen LogP contribution in [-0.2, 0) is 24.2 Å². The van der Waals surface area contributed by atoms with Gasteiger partial charge >= 0.3 is 0 Å². The van der Waals surface area contributed by atoms with E-state index < -0.39 is 0 Å². The van der Waals surface area contributed by atoms with Gasteiger partial charge in [0.05, 0.1) is 18.7 Å². The molecular weight excluding hydrogens is 424 g/mol. The summed E-state index contributed by atoms with van der Waals surface area (Å²) in [6.45, 7) is 5.16. The Hall–Kier alpha value is -3.52. The number of aryl methyl sites for hydroxylation is 2. The number of hydrogen-bond donors (Lipinski definition) is 1. The minimum atomic E-state index is -0.193. The molecule has 0 atom stereocenters. The van der Waals surface area contributed by atoms with Gasteiger partial charge in [-0.3, -0.25) is 9.59 Å². The normalized spacial score (nSPS) is 13.2. The number of amides is 2. The maximum atomic E-state index is 12.7. The summed E-state index contributed by atoms with van der Waals surface area (Å²) < 4.78 is 5.39. The second-order valence-corrected chi connectivity index (χ2v) is 9.10. The van der Waals surface area contributed by atoms with Crippen molar-refractivity contribution in [1.82, 2.24) is 15.0 Å². The zero-order valence-corrected chi connectivity index (χ0v) is 18.7. The van der Waals surface area contributed by atoms with E-state index in [-0.39, 0.29) is 18.2 Å². The standard InChI is InChI=1S/C24H22N4O3S/c1-14-10-17-19(27-31-20(17)11-15(14)2)12-22(29)26-24-25-18-8-9-28(13-21(18)32-24)23(30)16-6-4-3-5-7-16/h3-7,10-11H,8-9,12-13H2,1-2H3,(H,25,26,29). The smallest absolute Gasteiger partial charge is 0.254 e. The van der Waals surface area contributed by atoms with E-state index in [0.29, 0.717) is 41.5 Å². The van der Waals surface area contributed by atoms with Crippen molar-refractivity contribution in [3.05, 3.63) is 75.4 Å². The van der Waals surface area contributed by atoms with Gasteiger partial charge in [-0.15, -0.1) is 0 Å². The SMILES string of the molecule is Cc1cc2onc(CC(=O)Nc3nc4c(s3)CN(C(=O)c3ccccc3)CC4)c2cc1C. The van der Waals surface area contributed by atoms with Crippen LogP contribution < -0.4 is 5.32 Å². The largest absolute Gasteiger partial charge is 0.356 e. The van der Waals surface area contributed by atoms with Gasteiger partial charge in [0.15, 0.2) is 10.7 Å². The van der Waals surface area contributed by atoms with E-state index in [1.165, 1.54) is 11.3 Å². The molecule has 2 amide bonds. The Kier molecular flexibility index (Phi) is 5.22. The minimum absolute atomic E-state index is 0.0127. The summed E-state index contributed by atoms with van der Waals surface area (Å²) in [5.74, 6) is -0.180. The predicted molar refractivity (Wildman–Crippen MR) is 123 cm³/mol. The van der Waals surface area contributed by atoms with Crippen LogP contribution in [0.3, 0.4) is 0 Å². The quantitative estimate of drug-likeness (QED) is 0.505. The summed E-state index contributed by atoms with van der Waals surface area (Å²) >= 11 is 1.42. The van der Waals surface area contributed by atoms with Gasteiger partial charge in [-0.25, -0.2) is 4.98 Å². The third-order valence-corrected chi connectivity index (χ3v) is 6.77. The molecule has 0 radical (unpaired) electrons. The molecule has 2 aromatic carbocycles. The van der Waals surface area contributed by atoms with E-state index in [1.54, 1.807) is 0 Å². The molecule has 0 saturated heterocycles. The van der Waals surface area contributed by atoms with Crippen LogP contribution in [0.1, 0.15) is 37.7 Å². The third-order valence-electron chi connectivity index (χ3n) is 5.77. The molecule has 32 heavy (non-hydrogen) atoms. The topological polar surface area (TPSA) is 88.3 Å². The first kappa shape index (κ1) is 20.4. The predicted octanol–water partition coefficient (Wildman–Crippen LogP) is 4.28. The fourth-order valence-electron chi connectivity index (χ4n) is 3.87. The molecule has 4 aromatic rings. The molecule has 0 aliphatic carbocycles. The van der Waals surface area contributed by atoms with Crippen molar-refractivity contribution in [2.45, 2.75) is 33.2 Å². The summed E-state index contributed by atoms with van der Waals surface area (Å²) in [6.07, 6.45) is 0.783. The third kappa shape index (κ3) is 3.89. The van der Waals surface area contributed by atoms with Crippen molar-refractivity contribution in [3.63, 3.8) is 0 Å². The van der Waals surface area contributed by atoms with Crippen LogP contribution in [0.5, 0.6) is 0 Å². The van der Waals surface area contributed by atoms with E-state index in [0.717, 1.165) is 27.1 Å². The maximum Gasteiger partial charge on any atom is 0.254 e. The van der Waals surface area contributed by atoms with Crippen LogP contribution >= 0.6 is 11.3 Å². The Bertz CT molecular complexity index is 1330. The molecule has 0 saturated carbocycles. The highest BCUT2D eigenvalue weighted by atomic mass is 32.1. The first-order chi connectivity index (χ1) is 15.5. The molecule has 0 unspecified atom stereocenters. The van der Waals surface area contributed by atoms with Crippen LogP contribution in [0.2, 0.25) is 0 Å². The van der Waals surface area contributed by atoms with Gasteiger partial charge in [0.2, 0.25) is 5.91 Å². The summed E-state index contributed by atoms with van der Waals surface area (Å²) in [6, 6.07) is 13.2. The lowest BCUT2D eigenvalue weighted by Gasteiger charge is -2.26. The van der Waals surface area contributed by atoms with E-state index in [4.69, 9.17) is 4.52 Å². The second kappa shape index (κ2) is 8.20. The van der Waals surface area contributed by atoms with Crippen molar-refractivity contribution in [2.24, 2.45) is 0 Å². The molecule has 8 heteroatoms. The molecule has 0 bridgehead atoms. The molecule has 1 aliphatic rings. The number of anilines is 1. The second-order valence-electron chi connectivity index (χ2n) is 8.02. The van der Waals surface area contributed by atoms with Crippen molar-refractivity contribution < 1.29 is 14.1 Å². The number of rotatable bonds is 4. The van der Waals surface area contributed by atoms with Gasteiger partial charge in [0.25, 0.3) is 5.91 Å². The summed E-state index contributed by atoms with van der Waals surface area (Å²) in [7, 11) is 0. The lowest BCUT2D eigenvalue weighted by Crippen LogP contribution is -2.35. The van der Waals surface area contributed by atoms with Gasteiger partial charge < -0.3 is 14.7 Å².